The van der Waals surface area contributed by atoms with Gasteiger partial charge in [-0.3, -0.25) is 0 Å². The minimum absolute atomic E-state index is 0.207. The highest BCUT2D eigenvalue weighted by Crippen LogP contribution is 2.50. The Labute approximate surface area is 103 Å². The maximum Gasteiger partial charge on any atom is 0.124 e. The third-order valence-corrected chi connectivity index (χ3v) is 3.97. The van der Waals surface area contributed by atoms with Gasteiger partial charge in [-0.15, -0.1) is 11.6 Å². The average molecular weight is 245 g/mol. The lowest BCUT2D eigenvalue weighted by Crippen LogP contribution is -2.32. The Morgan fingerprint density at radius 1 is 1.44 bits per heavy atom. The van der Waals surface area contributed by atoms with Crippen molar-refractivity contribution >= 4 is 11.6 Å². The van der Waals surface area contributed by atoms with Gasteiger partial charge in [-0.2, -0.15) is 0 Å². The van der Waals surface area contributed by atoms with E-state index < -0.39 is 6.10 Å². The first-order valence-electron chi connectivity index (χ1n) is 6.38. The molecule has 2 nitrogen and oxygen atoms in total. The molecule has 1 N–H and O–H groups in total. The SMILES string of the molecule is OC(/C=C/CCCCCl)C12CCCCC1O2. The quantitative estimate of drug-likeness (QED) is 0.337. The van der Waals surface area contributed by atoms with Crippen LogP contribution >= 0.6 is 11.6 Å². The van der Waals surface area contributed by atoms with Crippen molar-refractivity contribution in [2.75, 3.05) is 5.88 Å². The molecule has 2 aliphatic rings. The first-order valence-corrected chi connectivity index (χ1v) is 6.91. The van der Waals surface area contributed by atoms with Crippen LogP contribution in [0.15, 0.2) is 12.2 Å². The summed E-state index contributed by atoms with van der Waals surface area (Å²) < 4.78 is 5.68. The van der Waals surface area contributed by atoms with E-state index in [0.717, 1.165) is 38.0 Å². The molecule has 3 atom stereocenters. The van der Waals surface area contributed by atoms with Crippen molar-refractivity contribution < 1.29 is 9.84 Å². The van der Waals surface area contributed by atoms with Crippen LogP contribution in [0, 0.1) is 0 Å². The van der Waals surface area contributed by atoms with Gasteiger partial charge in [0, 0.05) is 5.88 Å². The van der Waals surface area contributed by atoms with Crippen LogP contribution in [0.5, 0.6) is 0 Å². The summed E-state index contributed by atoms with van der Waals surface area (Å²) in [6.45, 7) is 0. The number of ether oxygens (including phenoxy) is 1. The van der Waals surface area contributed by atoms with Gasteiger partial charge in [0.15, 0.2) is 0 Å². The normalized spacial score (nSPS) is 35.0. The second-order valence-corrected chi connectivity index (χ2v) is 5.24. The third kappa shape index (κ3) is 2.61. The number of rotatable bonds is 6. The zero-order chi connectivity index (χ0) is 11.4. The Balaban J connectivity index is 1.73. The fourth-order valence-electron chi connectivity index (χ4n) is 2.64. The zero-order valence-electron chi connectivity index (χ0n) is 9.70. The average Bonchev–Trinajstić information content (AvgIpc) is 3.04. The second kappa shape index (κ2) is 5.52. The topological polar surface area (TPSA) is 32.8 Å². The van der Waals surface area contributed by atoms with Crippen LogP contribution in [0.1, 0.15) is 44.9 Å². The summed E-state index contributed by atoms with van der Waals surface area (Å²) in [5, 5.41) is 10.1. The molecule has 0 aromatic carbocycles. The highest BCUT2D eigenvalue weighted by Gasteiger charge is 2.60. The van der Waals surface area contributed by atoms with Crippen LogP contribution in [-0.2, 0) is 4.74 Å². The number of unbranched alkanes of at least 4 members (excludes halogenated alkanes) is 2. The third-order valence-electron chi connectivity index (χ3n) is 3.71. The molecule has 2 fully saturated rings. The van der Waals surface area contributed by atoms with Gasteiger partial charge in [0.1, 0.15) is 11.7 Å². The lowest BCUT2D eigenvalue weighted by atomic mass is 9.85. The first kappa shape index (κ1) is 12.4. The van der Waals surface area contributed by atoms with E-state index in [1.165, 1.54) is 12.8 Å². The highest BCUT2D eigenvalue weighted by atomic mass is 35.5. The molecule has 1 saturated heterocycles. The molecule has 0 radical (unpaired) electrons. The van der Waals surface area contributed by atoms with Crippen molar-refractivity contribution in [2.45, 2.75) is 62.8 Å². The van der Waals surface area contributed by atoms with E-state index in [0.29, 0.717) is 6.10 Å². The molecule has 0 spiro atoms. The smallest absolute Gasteiger partial charge is 0.124 e. The van der Waals surface area contributed by atoms with Gasteiger partial charge in [0.05, 0.1) is 6.10 Å². The van der Waals surface area contributed by atoms with Gasteiger partial charge in [-0.05, 0) is 32.1 Å². The van der Waals surface area contributed by atoms with Gasteiger partial charge in [0.25, 0.3) is 0 Å². The molecule has 16 heavy (non-hydrogen) atoms. The summed E-state index contributed by atoms with van der Waals surface area (Å²) in [5.74, 6) is 0.728. The fourth-order valence-corrected chi connectivity index (χ4v) is 2.83. The molecule has 92 valence electrons. The maximum atomic E-state index is 10.1. The number of aliphatic hydroxyl groups is 1. The molecule has 0 aromatic rings. The number of alkyl halides is 1. The summed E-state index contributed by atoms with van der Waals surface area (Å²) in [4.78, 5) is 0. The minimum atomic E-state index is -0.409. The predicted molar refractivity (Wildman–Crippen MR) is 65.8 cm³/mol. The van der Waals surface area contributed by atoms with E-state index in [9.17, 15) is 5.11 Å². The number of epoxide rings is 1. The first-order chi connectivity index (χ1) is 7.79. The molecule has 0 bridgehead atoms. The van der Waals surface area contributed by atoms with Crippen molar-refractivity contribution in [1.82, 2.24) is 0 Å². The number of fused-ring (bicyclic) bond motifs is 1. The molecule has 1 aliphatic carbocycles. The number of halogens is 1. The Bertz CT molecular complexity index is 254. The molecule has 3 unspecified atom stereocenters. The van der Waals surface area contributed by atoms with Crippen LogP contribution < -0.4 is 0 Å². The van der Waals surface area contributed by atoms with Crippen LogP contribution in [0.4, 0.5) is 0 Å². The monoisotopic (exact) mass is 244 g/mol. The lowest BCUT2D eigenvalue weighted by molar-refractivity contribution is 0.104. The Morgan fingerprint density at radius 2 is 2.31 bits per heavy atom. The number of allylic oxidation sites excluding steroid dienone is 1. The van der Waals surface area contributed by atoms with E-state index in [-0.39, 0.29) is 5.60 Å². The molecular formula is C13H21ClO2. The van der Waals surface area contributed by atoms with Gasteiger partial charge < -0.3 is 9.84 Å². The van der Waals surface area contributed by atoms with Gasteiger partial charge in [-0.1, -0.05) is 25.0 Å². The molecule has 0 amide bonds. The van der Waals surface area contributed by atoms with Gasteiger partial charge >= 0.3 is 0 Å². The molecule has 0 aromatic heterocycles. The summed E-state index contributed by atoms with van der Waals surface area (Å²) >= 11 is 5.60. The van der Waals surface area contributed by atoms with Gasteiger partial charge in [-0.25, -0.2) is 0 Å². The molecular weight excluding hydrogens is 224 g/mol. The van der Waals surface area contributed by atoms with Crippen LogP contribution in [-0.4, -0.2) is 28.8 Å². The van der Waals surface area contributed by atoms with Crippen molar-refractivity contribution in [3.63, 3.8) is 0 Å². The van der Waals surface area contributed by atoms with Crippen LogP contribution in [0.3, 0.4) is 0 Å². The Hall–Kier alpha value is -0.0500. The Kier molecular flexibility index (Phi) is 4.28. The van der Waals surface area contributed by atoms with E-state index in [2.05, 4.69) is 6.08 Å². The van der Waals surface area contributed by atoms with Gasteiger partial charge in [0.2, 0.25) is 0 Å². The largest absolute Gasteiger partial charge is 0.386 e. The van der Waals surface area contributed by atoms with E-state index in [1.807, 2.05) is 6.08 Å². The molecule has 2 rings (SSSR count). The molecule has 1 saturated carbocycles. The fraction of sp³-hybridized carbons (Fsp3) is 0.846. The second-order valence-electron chi connectivity index (χ2n) is 4.86. The van der Waals surface area contributed by atoms with Crippen LogP contribution in [0.2, 0.25) is 0 Å². The van der Waals surface area contributed by atoms with Crippen molar-refractivity contribution in [3.8, 4) is 0 Å². The Morgan fingerprint density at radius 3 is 3.06 bits per heavy atom. The number of hydrogen-bond acceptors (Lipinski definition) is 2. The lowest BCUT2D eigenvalue weighted by Gasteiger charge is -2.20. The summed E-state index contributed by atoms with van der Waals surface area (Å²) in [7, 11) is 0. The zero-order valence-corrected chi connectivity index (χ0v) is 10.5. The van der Waals surface area contributed by atoms with Crippen LogP contribution in [0.25, 0.3) is 0 Å². The maximum absolute atomic E-state index is 10.1. The summed E-state index contributed by atoms with van der Waals surface area (Å²) in [6.07, 6.45) is 11.6. The van der Waals surface area contributed by atoms with E-state index in [1.54, 1.807) is 0 Å². The summed E-state index contributed by atoms with van der Waals surface area (Å²) in [6, 6.07) is 0. The van der Waals surface area contributed by atoms with E-state index >= 15 is 0 Å². The highest BCUT2D eigenvalue weighted by molar-refractivity contribution is 6.17. The van der Waals surface area contributed by atoms with Crippen molar-refractivity contribution in [1.29, 1.82) is 0 Å². The standard InChI is InChI=1S/C13H21ClO2/c14-10-6-2-1-3-7-11(15)13-9-5-4-8-12(13)16-13/h3,7,11-12,15H,1-2,4-6,8-10H2/b7-3+. The van der Waals surface area contributed by atoms with Crippen molar-refractivity contribution in [2.24, 2.45) is 0 Å². The number of hydrogen-bond donors (Lipinski definition) is 1. The van der Waals surface area contributed by atoms with Crippen molar-refractivity contribution in [3.05, 3.63) is 12.2 Å². The van der Waals surface area contributed by atoms with E-state index in [4.69, 9.17) is 16.3 Å². The molecule has 1 heterocycles. The summed E-state index contributed by atoms with van der Waals surface area (Å²) in [5.41, 5.74) is -0.207. The minimum Gasteiger partial charge on any atom is -0.386 e. The molecule has 3 heteroatoms. The molecule has 1 aliphatic heterocycles. The predicted octanol–water partition coefficient (Wildman–Crippen LogP) is 3.02. The number of aliphatic hydroxyl groups excluding tert-OH is 1.